The third-order valence-electron chi connectivity index (χ3n) is 3.55. The summed E-state index contributed by atoms with van der Waals surface area (Å²) >= 11 is 1.55. The Labute approximate surface area is 122 Å². The Morgan fingerprint density at radius 2 is 1.74 bits per heavy atom. The van der Waals surface area contributed by atoms with Crippen LogP contribution in [0.15, 0.2) is 0 Å². The lowest BCUT2D eigenvalue weighted by molar-refractivity contribution is 0.479. The number of unbranched alkanes of at least 4 members (excludes halogenated alkanes) is 6. The van der Waals surface area contributed by atoms with Crippen LogP contribution in [-0.4, -0.2) is 16.1 Å². The van der Waals surface area contributed by atoms with Gasteiger partial charge in [-0.25, -0.2) is 0 Å². The van der Waals surface area contributed by atoms with Crippen molar-refractivity contribution >= 4 is 11.5 Å². The van der Waals surface area contributed by atoms with E-state index in [2.05, 4.69) is 35.7 Å². The van der Waals surface area contributed by atoms with Gasteiger partial charge in [0.05, 0.1) is 10.6 Å². The molecule has 0 aliphatic rings. The summed E-state index contributed by atoms with van der Waals surface area (Å²) in [4.78, 5) is 1.33. The molecule has 1 aromatic rings. The fraction of sp³-hybridized carbons (Fsp3) is 0.867. The van der Waals surface area contributed by atoms with Crippen molar-refractivity contribution in [3.05, 3.63) is 10.6 Å². The van der Waals surface area contributed by atoms with Gasteiger partial charge < -0.3 is 5.32 Å². The third kappa shape index (κ3) is 6.48. The first-order valence-corrected chi connectivity index (χ1v) is 8.59. The maximum absolute atomic E-state index is 4.13. The SMILES string of the molecule is CCCCCCCCCC(NCC)c1snnc1C. The molecule has 1 unspecified atom stereocenters. The summed E-state index contributed by atoms with van der Waals surface area (Å²) in [5.74, 6) is 0. The minimum absolute atomic E-state index is 0.459. The first-order valence-electron chi connectivity index (χ1n) is 7.81. The van der Waals surface area contributed by atoms with Crippen LogP contribution in [-0.2, 0) is 0 Å². The summed E-state index contributed by atoms with van der Waals surface area (Å²) in [7, 11) is 0. The van der Waals surface area contributed by atoms with Gasteiger partial charge in [-0.3, -0.25) is 0 Å². The van der Waals surface area contributed by atoms with Crippen molar-refractivity contribution in [3.8, 4) is 0 Å². The summed E-state index contributed by atoms with van der Waals surface area (Å²) in [5.41, 5.74) is 1.10. The second-order valence-corrected chi connectivity index (χ2v) is 6.03. The van der Waals surface area contributed by atoms with Gasteiger partial charge in [-0.15, -0.1) is 5.10 Å². The molecule has 1 rings (SSSR count). The number of nitrogens with one attached hydrogen (secondary N) is 1. The Morgan fingerprint density at radius 1 is 1.05 bits per heavy atom. The molecule has 0 radical (unpaired) electrons. The predicted molar refractivity (Wildman–Crippen MR) is 83.7 cm³/mol. The molecule has 1 N–H and O–H groups in total. The predicted octanol–water partition coefficient (Wildman–Crippen LogP) is 4.64. The van der Waals surface area contributed by atoms with Crippen LogP contribution in [0.25, 0.3) is 0 Å². The van der Waals surface area contributed by atoms with E-state index in [4.69, 9.17) is 0 Å². The van der Waals surface area contributed by atoms with Crippen molar-refractivity contribution in [2.45, 2.75) is 78.2 Å². The second kappa shape index (κ2) is 10.3. The molecule has 110 valence electrons. The zero-order chi connectivity index (χ0) is 13.9. The molecule has 0 amide bonds. The van der Waals surface area contributed by atoms with Crippen molar-refractivity contribution in [1.82, 2.24) is 14.9 Å². The Kier molecular flexibility index (Phi) is 9.01. The smallest absolute Gasteiger partial charge is 0.0772 e. The first-order chi connectivity index (χ1) is 9.29. The van der Waals surface area contributed by atoms with Crippen molar-refractivity contribution in [2.75, 3.05) is 6.54 Å². The van der Waals surface area contributed by atoms with E-state index in [1.54, 1.807) is 11.5 Å². The van der Waals surface area contributed by atoms with Crippen LogP contribution >= 0.6 is 11.5 Å². The number of aromatic nitrogens is 2. The highest BCUT2D eigenvalue weighted by Gasteiger charge is 2.15. The lowest BCUT2D eigenvalue weighted by Gasteiger charge is -2.16. The van der Waals surface area contributed by atoms with E-state index in [1.165, 1.54) is 56.2 Å². The van der Waals surface area contributed by atoms with E-state index < -0.39 is 0 Å². The summed E-state index contributed by atoms with van der Waals surface area (Å²) in [6, 6.07) is 0.459. The molecule has 1 heterocycles. The molecule has 0 aliphatic carbocycles. The normalized spacial score (nSPS) is 12.8. The van der Waals surface area contributed by atoms with Crippen LogP contribution in [0.3, 0.4) is 0 Å². The minimum atomic E-state index is 0.459. The van der Waals surface area contributed by atoms with Crippen molar-refractivity contribution < 1.29 is 0 Å². The molecule has 0 saturated carbocycles. The monoisotopic (exact) mass is 283 g/mol. The summed E-state index contributed by atoms with van der Waals surface area (Å²) < 4.78 is 4.05. The fourth-order valence-corrected chi connectivity index (χ4v) is 3.19. The van der Waals surface area contributed by atoms with Gasteiger partial charge in [0, 0.05) is 6.04 Å². The Hall–Kier alpha value is -0.480. The van der Waals surface area contributed by atoms with Crippen molar-refractivity contribution in [2.24, 2.45) is 0 Å². The van der Waals surface area contributed by atoms with E-state index in [0.29, 0.717) is 6.04 Å². The largest absolute Gasteiger partial charge is 0.309 e. The molecule has 19 heavy (non-hydrogen) atoms. The second-order valence-electron chi connectivity index (χ2n) is 5.24. The van der Waals surface area contributed by atoms with E-state index in [0.717, 1.165) is 12.2 Å². The van der Waals surface area contributed by atoms with Gasteiger partial charge in [0.2, 0.25) is 0 Å². The summed E-state index contributed by atoms with van der Waals surface area (Å²) in [6.07, 6.45) is 10.8. The molecule has 0 bridgehead atoms. The van der Waals surface area contributed by atoms with Crippen LogP contribution in [0.1, 0.15) is 81.8 Å². The Morgan fingerprint density at radius 3 is 2.32 bits per heavy atom. The number of rotatable bonds is 11. The van der Waals surface area contributed by atoms with Gasteiger partial charge in [0.1, 0.15) is 0 Å². The molecule has 0 fully saturated rings. The molecular formula is C15H29N3S. The molecule has 4 heteroatoms. The van der Waals surface area contributed by atoms with Crippen LogP contribution in [0.5, 0.6) is 0 Å². The maximum atomic E-state index is 4.13. The van der Waals surface area contributed by atoms with E-state index in [9.17, 15) is 0 Å². The molecule has 0 spiro atoms. The standard InChI is InChI=1S/C15H29N3S/c1-4-6-7-8-9-10-11-12-14(16-5-2)15-13(3)17-18-19-15/h14,16H,4-12H2,1-3H3. The molecule has 0 saturated heterocycles. The van der Waals surface area contributed by atoms with Crippen LogP contribution in [0, 0.1) is 6.92 Å². The van der Waals surface area contributed by atoms with Crippen LogP contribution in [0.4, 0.5) is 0 Å². The molecular weight excluding hydrogens is 254 g/mol. The molecule has 1 atom stereocenters. The van der Waals surface area contributed by atoms with E-state index >= 15 is 0 Å². The van der Waals surface area contributed by atoms with Gasteiger partial charge in [0.25, 0.3) is 0 Å². The highest BCUT2D eigenvalue weighted by molar-refractivity contribution is 7.05. The summed E-state index contributed by atoms with van der Waals surface area (Å²) in [6.45, 7) is 7.51. The first kappa shape index (κ1) is 16.6. The van der Waals surface area contributed by atoms with Crippen molar-refractivity contribution in [3.63, 3.8) is 0 Å². The summed E-state index contributed by atoms with van der Waals surface area (Å²) in [5, 5.41) is 7.69. The van der Waals surface area contributed by atoms with Crippen LogP contribution < -0.4 is 5.32 Å². The fourth-order valence-electron chi connectivity index (χ4n) is 2.43. The Balaban J connectivity index is 2.22. The average Bonchev–Trinajstić information content (AvgIpc) is 2.82. The minimum Gasteiger partial charge on any atom is -0.309 e. The highest BCUT2D eigenvalue weighted by atomic mass is 32.1. The number of hydrogen-bond donors (Lipinski definition) is 1. The number of nitrogens with zero attached hydrogens (tertiary/aromatic N) is 2. The topological polar surface area (TPSA) is 37.8 Å². The average molecular weight is 283 g/mol. The van der Waals surface area contributed by atoms with Gasteiger partial charge in [0.15, 0.2) is 0 Å². The number of hydrogen-bond acceptors (Lipinski definition) is 4. The van der Waals surface area contributed by atoms with E-state index in [1.807, 2.05) is 0 Å². The lowest BCUT2D eigenvalue weighted by atomic mass is 10.0. The van der Waals surface area contributed by atoms with Gasteiger partial charge in [-0.2, -0.15) is 0 Å². The quantitative estimate of drug-likeness (QED) is 0.601. The van der Waals surface area contributed by atoms with Gasteiger partial charge in [-0.05, 0) is 31.4 Å². The van der Waals surface area contributed by atoms with Gasteiger partial charge in [-0.1, -0.05) is 63.3 Å². The lowest BCUT2D eigenvalue weighted by Crippen LogP contribution is -2.20. The third-order valence-corrected chi connectivity index (χ3v) is 4.49. The van der Waals surface area contributed by atoms with Crippen molar-refractivity contribution in [1.29, 1.82) is 0 Å². The molecule has 1 aromatic heterocycles. The molecule has 0 aliphatic heterocycles. The highest BCUT2D eigenvalue weighted by Crippen LogP contribution is 2.25. The molecule has 3 nitrogen and oxygen atoms in total. The van der Waals surface area contributed by atoms with E-state index in [-0.39, 0.29) is 0 Å². The van der Waals surface area contributed by atoms with Gasteiger partial charge >= 0.3 is 0 Å². The maximum Gasteiger partial charge on any atom is 0.0772 e. The zero-order valence-corrected chi connectivity index (χ0v) is 13.6. The van der Waals surface area contributed by atoms with Crippen LogP contribution in [0.2, 0.25) is 0 Å². The zero-order valence-electron chi connectivity index (χ0n) is 12.7. The number of aryl methyl sites for hydroxylation is 1. The molecule has 0 aromatic carbocycles. The Bertz CT molecular complexity index is 325.